The highest BCUT2D eigenvalue weighted by Gasteiger charge is 2.25. The monoisotopic (exact) mass is 313 g/mol. The van der Waals surface area contributed by atoms with Crippen molar-refractivity contribution < 1.29 is 5.11 Å². The van der Waals surface area contributed by atoms with Crippen LogP contribution in [0.3, 0.4) is 0 Å². The van der Waals surface area contributed by atoms with Gasteiger partial charge < -0.3 is 10.1 Å². The molecule has 2 heterocycles. The van der Waals surface area contributed by atoms with Gasteiger partial charge in [-0.1, -0.05) is 39.0 Å². The first kappa shape index (κ1) is 15.7. The molecule has 0 radical (unpaired) electrons. The summed E-state index contributed by atoms with van der Waals surface area (Å²) < 4.78 is 0. The van der Waals surface area contributed by atoms with Crippen molar-refractivity contribution in [3.8, 4) is 5.75 Å². The lowest BCUT2D eigenvalue weighted by Gasteiger charge is -2.29. The predicted molar refractivity (Wildman–Crippen MR) is 89.5 cm³/mol. The summed E-state index contributed by atoms with van der Waals surface area (Å²) in [6.45, 7) is 8.21. The summed E-state index contributed by atoms with van der Waals surface area (Å²) in [5.74, 6) is 1.04. The summed E-state index contributed by atoms with van der Waals surface area (Å²) in [6, 6.07) is 7.37. The van der Waals surface area contributed by atoms with Crippen LogP contribution >= 0.6 is 0 Å². The third kappa shape index (κ3) is 3.29. The Bertz CT molecular complexity index is 775. The van der Waals surface area contributed by atoms with E-state index in [4.69, 9.17) is 4.98 Å². The fraction of sp³-hybridized carbons (Fsp3) is 0.444. The van der Waals surface area contributed by atoms with Crippen molar-refractivity contribution in [3.05, 3.63) is 57.3 Å². The number of aromatic amines is 1. The van der Waals surface area contributed by atoms with Crippen LogP contribution in [0.2, 0.25) is 0 Å². The van der Waals surface area contributed by atoms with Crippen molar-refractivity contribution >= 4 is 0 Å². The van der Waals surface area contributed by atoms with Gasteiger partial charge in [-0.25, -0.2) is 4.98 Å². The van der Waals surface area contributed by atoms with E-state index in [2.05, 4.69) is 9.88 Å². The first-order chi connectivity index (χ1) is 10.8. The van der Waals surface area contributed by atoms with Crippen LogP contribution in [0, 0.1) is 0 Å². The summed E-state index contributed by atoms with van der Waals surface area (Å²) in [6.07, 6.45) is 0.690. The second-order valence-corrected chi connectivity index (χ2v) is 7.18. The lowest BCUT2D eigenvalue weighted by atomic mass is 9.95. The van der Waals surface area contributed by atoms with E-state index < -0.39 is 0 Å². The fourth-order valence-corrected chi connectivity index (χ4v) is 2.87. The van der Waals surface area contributed by atoms with E-state index in [1.165, 1.54) is 0 Å². The van der Waals surface area contributed by atoms with Gasteiger partial charge in [0.1, 0.15) is 11.6 Å². The molecule has 122 valence electrons. The van der Waals surface area contributed by atoms with E-state index >= 15 is 0 Å². The van der Waals surface area contributed by atoms with Crippen LogP contribution in [0.5, 0.6) is 5.75 Å². The van der Waals surface area contributed by atoms with Crippen molar-refractivity contribution in [1.29, 1.82) is 0 Å². The smallest absolute Gasteiger partial charge is 0.254 e. The SMILES string of the molecule is CC(C)(C)c1nc2c(c(=O)[nH]1)CCN(Cc1ccccc1O)C2. The molecule has 5 heteroatoms. The highest BCUT2D eigenvalue weighted by molar-refractivity contribution is 5.32. The van der Waals surface area contributed by atoms with Crippen LogP contribution < -0.4 is 5.56 Å². The largest absolute Gasteiger partial charge is 0.508 e. The second kappa shape index (κ2) is 5.81. The van der Waals surface area contributed by atoms with Gasteiger partial charge in [0.05, 0.1) is 5.69 Å². The molecule has 3 rings (SSSR count). The molecule has 0 fully saturated rings. The maximum absolute atomic E-state index is 12.3. The number of hydrogen-bond donors (Lipinski definition) is 2. The Morgan fingerprint density at radius 2 is 2.04 bits per heavy atom. The van der Waals surface area contributed by atoms with Gasteiger partial charge in [0, 0.05) is 36.2 Å². The second-order valence-electron chi connectivity index (χ2n) is 7.18. The Morgan fingerprint density at radius 3 is 2.74 bits per heavy atom. The summed E-state index contributed by atoms with van der Waals surface area (Å²) in [5, 5.41) is 9.93. The number of aromatic hydroxyl groups is 1. The number of aromatic nitrogens is 2. The number of para-hydroxylation sites is 1. The zero-order valence-corrected chi connectivity index (χ0v) is 13.9. The van der Waals surface area contributed by atoms with Crippen molar-refractivity contribution in [1.82, 2.24) is 14.9 Å². The zero-order chi connectivity index (χ0) is 16.6. The number of rotatable bonds is 2. The lowest BCUT2D eigenvalue weighted by Crippen LogP contribution is -2.36. The molecule has 1 aromatic carbocycles. The van der Waals surface area contributed by atoms with Crippen molar-refractivity contribution in [2.24, 2.45) is 0 Å². The first-order valence-corrected chi connectivity index (χ1v) is 7.96. The average molecular weight is 313 g/mol. The summed E-state index contributed by atoms with van der Waals surface area (Å²) in [5.41, 5.74) is 2.36. The van der Waals surface area contributed by atoms with Gasteiger partial charge in [-0.05, 0) is 12.5 Å². The molecule has 0 amide bonds. The Balaban J connectivity index is 1.87. The number of benzene rings is 1. The highest BCUT2D eigenvalue weighted by Crippen LogP contribution is 2.23. The van der Waals surface area contributed by atoms with Crippen LogP contribution in [-0.2, 0) is 24.9 Å². The van der Waals surface area contributed by atoms with Crippen LogP contribution in [0.15, 0.2) is 29.1 Å². The van der Waals surface area contributed by atoms with Crippen molar-refractivity contribution in [2.75, 3.05) is 6.54 Å². The highest BCUT2D eigenvalue weighted by atomic mass is 16.3. The van der Waals surface area contributed by atoms with Crippen molar-refractivity contribution in [3.63, 3.8) is 0 Å². The number of phenols is 1. The van der Waals surface area contributed by atoms with Gasteiger partial charge in [0.25, 0.3) is 5.56 Å². The molecule has 0 bridgehead atoms. The fourth-order valence-electron chi connectivity index (χ4n) is 2.87. The van der Waals surface area contributed by atoms with Gasteiger partial charge in [-0.3, -0.25) is 9.69 Å². The van der Waals surface area contributed by atoms with E-state index in [0.29, 0.717) is 25.3 Å². The Kier molecular flexibility index (Phi) is 3.98. The summed E-state index contributed by atoms with van der Waals surface area (Å²) >= 11 is 0. The predicted octanol–water partition coefficient (Wildman–Crippen LogP) is 2.33. The van der Waals surface area contributed by atoms with Gasteiger partial charge in [0.2, 0.25) is 0 Å². The summed E-state index contributed by atoms with van der Waals surface area (Å²) in [4.78, 5) is 22.1. The van der Waals surface area contributed by atoms with Gasteiger partial charge in [-0.2, -0.15) is 0 Å². The number of nitrogens with one attached hydrogen (secondary N) is 1. The molecule has 0 unspecified atom stereocenters. The van der Waals surface area contributed by atoms with Gasteiger partial charge in [0.15, 0.2) is 0 Å². The van der Waals surface area contributed by atoms with Crippen LogP contribution in [-0.4, -0.2) is 26.5 Å². The van der Waals surface area contributed by atoms with Crippen LogP contribution in [0.1, 0.15) is 43.4 Å². The number of hydrogen-bond acceptors (Lipinski definition) is 4. The molecule has 2 aromatic rings. The number of phenolic OH excluding ortho intramolecular Hbond substituents is 1. The summed E-state index contributed by atoms with van der Waals surface area (Å²) in [7, 11) is 0. The van der Waals surface area contributed by atoms with Gasteiger partial charge in [-0.15, -0.1) is 0 Å². The van der Waals surface area contributed by atoms with E-state index in [0.717, 1.165) is 29.2 Å². The molecule has 0 atom stereocenters. The minimum Gasteiger partial charge on any atom is -0.508 e. The molecule has 0 spiro atoms. The van der Waals surface area contributed by atoms with Gasteiger partial charge >= 0.3 is 0 Å². The molecule has 0 aliphatic carbocycles. The Hall–Kier alpha value is -2.14. The lowest BCUT2D eigenvalue weighted by molar-refractivity contribution is 0.236. The maximum Gasteiger partial charge on any atom is 0.254 e. The molecule has 0 saturated heterocycles. The van der Waals surface area contributed by atoms with E-state index in [-0.39, 0.29) is 11.0 Å². The van der Waals surface area contributed by atoms with E-state index in [1.54, 1.807) is 6.07 Å². The average Bonchev–Trinajstić information content (AvgIpc) is 2.48. The third-order valence-corrected chi connectivity index (χ3v) is 4.25. The number of H-pyrrole nitrogens is 1. The Labute approximate surface area is 136 Å². The maximum atomic E-state index is 12.3. The standard InChI is InChI=1S/C18H23N3O2/c1-18(2,3)17-19-14-11-21(9-8-13(14)16(23)20-17)10-12-6-4-5-7-15(12)22/h4-7,22H,8-11H2,1-3H3,(H,19,20,23). The minimum absolute atomic E-state index is 0.0119. The van der Waals surface area contributed by atoms with Crippen LogP contribution in [0.4, 0.5) is 0 Å². The molecule has 2 N–H and O–H groups in total. The zero-order valence-electron chi connectivity index (χ0n) is 13.9. The van der Waals surface area contributed by atoms with E-state index in [9.17, 15) is 9.90 Å². The molecular formula is C18H23N3O2. The molecule has 0 saturated carbocycles. The van der Waals surface area contributed by atoms with Crippen molar-refractivity contribution in [2.45, 2.75) is 45.7 Å². The molecule has 1 aliphatic rings. The molecule has 1 aliphatic heterocycles. The topological polar surface area (TPSA) is 69.2 Å². The van der Waals surface area contributed by atoms with E-state index in [1.807, 2.05) is 39.0 Å². The molecular weight excluding hydrogens is 290 g/mol. The molecule has 23 heavy (non-hydrogen) atoms. The molecule has 1 aromatic heterocycles. The normalized spacial score (nSPS) is 15.4. The minimum atomic E-state index is -0.186. The first-order valence-electron chi connectivity index (χ1n) is 7.96. The third-order valence-electron chi connectivity index (χ3n) is 4.25. The Morgan fingerprint density at radius 1 is 1.30 bits per heavy atom. The molecule has 5 nitrogen and oxygen atoms in total. The number of nitrogens with zero attached hydrogens (tertiary/aromatic N) is 2. The number of fused-ring (bicyclic) bond motifs is 1. The van der Waals surface area contributed by atoms with Crippen LogP contribution in [0.25, 0.3) is 0 Å². The quantitative estimate of drug-likeness (QED) is 0.893.